The van der Waals surface area contributed by atoms with Crippen LogP contribution in [0.4, 0.5) is 8.78 Å². The summed E-state index contributed by atoms with van der Waals surface area (Å²) in [6.07, 6.45) is 0. The monoisotopic (exact) mass is 342 g/mol. The molecule has 0 unspecified atom stereocenters. The van der Waals surface area contributed by atoms with Gasteiger partial charge in [0, 0.05) is 39.8 Å². The average Bonchev–Trinajstić information content (AvgIpc) is 2.89. The molecule has 3 rings (SSSR count). The van der Waals surface area contributed by atoms with Gasteiger partial charge in [0.2, 0.25) is 0 Å². The number of ketones is 1. The van der Waals surface area contributed by atoms with E-state index in [1.165, 1.54) is 12.1 Å². The molecule has 0 aliphatic heterocycles. The first kappa shape index (κ1) is 17.3. The van der Waals surface area contributed by atoms with Gasteiger partial charge in [0.25, 0.3) is 0 Å². The number of hydrogen-bond donors (Lipinski definition) is 2. The second-order valence-electron chi connectivity index (χ2n) is 6.31. The highest BCUT2D eigenvalue weighted by molar-refractivity contribution is 6.11. The summed E-state index contributed by atoms with van der Waals surface area (Å²) in [7, 11) is 0. The highest BCUT2D eigenvalue weighted by Crippen LogP contribution is 2.24. The molecule has 0 fully saturated rings. The Bertz CT molecular complexity index is 933. The van der Waals surface area contributed by atoms with Crippen molar-refractivity contribution in [2.75, 3.05) is 0 Å². The number of para-hydroxylation sites is 1. The third kappa shape index (κ3) is 3.33. The van der Waals surface area contributed by atoms with Crippen LogP contribution in [0.5, 0.6) is 0 Å². The van der Waals surface area contributed by atoms with E-state index in [4.69, 9.17) is 0 Å². The summed E-state index contributed by atoms with van der Waals surface area (Å²) in [4.78, 5) is 16.1. The van der Waals surface area contributed by atoms with Crippen LogP contribution in [0.2, 0.25) is 0 Å². The molecule has 0 aliphatic carbocycles. The van der Waals surface area contributed by atoms with Crippen molar-refractivity contribution in [3.05, 3.63) is 70.9 Å². The molecule has 0 saturated heterocycles. The second kappa shape index (κ2) is 6.76. The van der Waals surface area contributed by atoms with Gasteiger partial charge in [0.1, 0.15) is 11.6 Å². The highest BCUT2D eigenvalue weighted by atomic mass is 19.1. The maximum absolute atomic E-state index is 13.9. The van der Waals surface area contributed by atoms with Crippen molar-refractivity contribution in [3.8, 4) is 0 Å². The van der Waals surface area contributed by atoms with E-state index in [0.717, 1.165) is 22.7 Å². The largest absolute Gasteiger partial charge is 0.358 e. The molecule has 2 N–H and O–H groups in total. The number of rotatable bonds is 5. The van der Waals surface area contributed by atoms with Gasteiger partial charge in [-0.1, -0.05) is 24.3 Å². The van der Waals surface area contributed by atoms with Gasteiger partial charge in [0.05, 0.1) is 6.04 Å². The molecule has 25 heavy (non-hydrogen) atoms. The first-order chi connectivity index (χ1) is 11.9. The molecule has 0 bridgehead atoms. The van der Waals surface area contributed by atoms with E-state index < -0.39 is 23.7 Å². The zero-order chi connectivity index (χ0) is 18.1. The number of nitrogens with one attached hydrogen (secondary N) is 2. The maximum Gasteiger partial charge on any atom is 0.181 e. The molecule has 1 aromatic heterocycles. The van der Waals surface area contributed by atoms with Gasteiger partial charge in [-0.25, -0.2) is 8.78 Å². The molecular weight excluding hydrogens is 322 g/mol. The Labute approximate surface area is 145 Å². The van der Waals surface area contributed by atoms with E-state index in [1.807, 2.05) is 31.2 Å². The van der Waals surface area contributed by atoms with Gasteiger partial charge >= 0.3 is 0 Å². The lowest BCUT2D eigenvalue weighted by Gasteiger charge is -2.20. The van der Waals surface area contributed by atoms with Crippen LogP contribution >= 0.6 is 0 Å². The van der Waals surface area contributed by atoms with Crippen molar-refractivity contribution >= 4 is 16.7 Å². The minimum atomic E-state index is -0.622. The van der Waals surface area contributed by atoms with Gasteiger partial charge in [-0.05, 0) is 32.9 Å². The van der Waals surface area contributed by atoms with Gasteiger partial charge in [-0.15, -0.1) is 0 Å². The number of carbonyl (C=O) groups excluding carboxylic acids is 1. The fourth-order valence-electron chi connectivity index (χ4n) is 3.20. The first-order valence-corrected chi connectivity index (χ1v) is 8.21. The molecule has 2 atom stereocenters. The fraction of sp³-hybridized carbons (Fsp3) is 0.250. The Kier molecular flexibility index (Phi) is 4.68. The van der Waals surface area contributed by atoms with Gasteiger partial charge in [-0.2, -0.15) is 0 Å². The number of fused-ring (bicyclic) bond motifs is 1. The summed E-state index contributed by atoms with van der Waals surface area (Å²) in [5, 5.41) is 3.98. The second-order valence-corrected chi connectivity index (χ2v) is 6.31. The third-order valence-corrected chi connectivity index (χ3v) is 4.46. The van der Waals surface area contributed by atoms with Gasteiger partial charge in [0.15, 0.2) is 5.78 Å². The number of aryl methyl sites for hydroxylation is 1. The van der Waals surface area contributed by atoms with E-state index >= 15 is 0 Å². The normalized spacial score (nSPS) is 13.8. The van der Waals surface area contributed by atoms with Crippen LogP contribution in [0.25, 0.3) is 10.9 Å². The summed E-state index contributed by atoms with van der Waals surface area (Å²) < 4.78 is 27.0. The molecule has 2 aromatic carbocycles. The van der Waals surface area contributed by atoms with Crippen LogP contribution in [0, 0.1) is 18.6 Å². The smallest absolute Gasteiger partial charge is 0.181 e. The molecule has 5 heteroatoms. The minimum absolute atomic E-state index is 0.0654. The average molecular weight is 342 g/mol. The van der Waals surface area contributed by atoms with Crippen LogP contribution in [0.1, 0.15) is 41.5 Å². The summed E-state index contributed by atoms with van der Waals surface area (Å²) in [6.45, 7) is 5.37. The van der Waals surface area contributed by atoms with E-state index in [9.17, 15) is 13.6 Å². The van der Waals surface area contributed by atoms with E-state index in [0.29, 0.717) is 11.1 Å². The Morgan fingerprint density at radius 1 is 1.12 bits per heavy atom. The van der Waals surface area contributed by atoms with E-state index in [2.05, 4.69) is 10.3 Å². The maximum atomic E-state index is 13.9. The number of carbonyl (C=O) groups is 1. The lowest BCUT2D eigenvalue weighted by Crippen LogP contribution is -2.36. The number of halogens is 2. The van der Waals surface area contributed by atoms with Gasteiger partial charge in [-0.3, -0.25) is 4.79 Å². The van der Waals surface area contributed by atoms with Crippen molar-refractivity contribution < 1.29 is 13.6 Å². The van der Waals surface area contributed by atoms with Crippen LogP contribution < -0.4 is 5.32 Å². The number of aromatic amines is 1. The number of hydrogen-bond acceptors (Lipinski definition) is 2. The molecule has 3 nitrogen and oxygen atoms in total. The predicted molar refractivity (Wildman–Crippen MR) is 94.7 cm³/mol. The molecule has 3 aromatic rings. The number of H-pyrrole nitrogens is 1. The Balaban J connectivity index is 1.83. The summed E-state index contributed by atoms with van der Waals surface area (Å²) in [5.41, 5.74) is 2.69. The molecule has 0 radical (unpaired) electrons. The molecule has 0 aliphatic rings. The Hall–Kier alpha value is -2.53. The van der Waals surface area contributed by atoms with Crippen LogP contribution in [-0.2, 0) is 0 Å². The summed E-state index contributed by atoms with van der Waals surface area (Å²) in [5.74, 6) is -1.31. The molecule has 1 heterocycles. The van der Waals surface area contributed by atoms with Crippen molar-refractivity contribution in [1.29, 1.82) is 0 Å². The summed E-state index contributed by atoms with van der Waals surface area (Å²) >= 11 is 0. The molecule has 130 valence electrons. The minimum Gasteiger partial charge on any atom is -0.358 e. The zero-order valence-corrected chi connectivity index (χ0v) is 14.4. The topological polar surface area (TPSA) is 44.9 Å². The Morgan fingerprint density at radius 2 is 1.84 bits per heavy atom. The van der Waals surface area contributed by atoms with Crippen LogP contribution in [-0.4, -0.2) is 16.8 Å². The lowest BCUT2D eigenvalue weighted by molar-refractivity contribution is 0.0946. The van der Waals surface area contributed by atoms with Crippen LogP contribution in [0.3, 0.4) is 0 Å². The van der Waals surface area contributed by atoms with E-state index in [-0.39, 0.29) is 5.78 Å². The Morgan fingerprint density at radius 3 is 2.56 bits per heavy atom. The first-order valence-electron chi connectivity index (χ1n) is 8.21. The van der Waals surface area contributed by atoms with Crippen molar-refractivity contribution in [3.63, 3.8) is 0 Å². The SMILES string of the molecule is Cc1[nH]c2ccccc2c1C(=O)[C@H](C)N[C@@H](C)c1ccc(F)cc1F. The molecule has 0 amide bonds. The lowest BCUT2D eigenvalue weighted by atomic mass is 10.00. The quantitative estimate of drug-likeness (QED) is 0.662. The molecular formula is C20H20F2N2O. The number of Topliss-reactive ketones (excluding diaryl/α,β-unsaturated/α-hetero) is 1. The van der Waals surface area contributed by atoms with Gasteiger partial charge < -0.3 is 10.3 Å². The standard InChI is InChI=1S/C20H20F2N2O/c1-11(15-9-8-14(21)10-17(15)22)23-13(3)20(25)19-12(2)24-18-7-5-4-6-16(18)19/h4-11,13,23-24H,1-3H3/t11-,13-/m0/s1. The zero-order valence-electron chi connectivity index (χ0n) is 14.4. The van der Waals surface area contributed by atoms with Crippen molar-refractivity contribution in [2.24, 2.45) is 0 Å². The third-order valence-electron chi connectivity index (χ3n) is 4.46. The highest BCUT2D eigenvalue weighted by Gasteiger charge is 2.23. The van der Waals surface area contributed by atoms with Crippen molar-refractivity contribution in [1.82, 2.24) is 10.3 Å². The molecule has 0 saturated carbocycles. The van der Waals surface area contributed by atoms with Crippen molar-refractivity contribution in [2.45, 2.75) is 32.9 Å². The molecule has 0 spiro atoms. The predicted octanol–water partition coefficient (Wildman–Crippen LogP) is 4.68. The fourth-order valence-corrected chi connectivity index (χ4v) is 3.20. The number of aromatic nitrogens is 1. The van der Waals surface area contributed by atoms with Crippen LogP contribution in [0.15, 0.2) is 42.5 Å². The number of benzene rings is 2. The summed E-state index contributed by atoms with van der Waals surface area (Å²) in [6, 6.07) is 10.2. The van der Waals surface area contributed by atoms with E-state index in [1.54, 1.807) is 13.8 Å².